The number of H-pyrrole nitrogens is 1. The number of rotatable bonds is 4. The minimum absolute atomic E-state index is 0.0337. The van der Waals surface area contributed by atoms with Gasteiger partial charge < -0.3 is 9.42 Å². The first-order chi connectivity index (χ1) is 15.3. The Morgan fingerprint density at radius 3 is 2.75 bits per heavy atom. The van der Waals surface area contributed by atoms with E-state index < -0.39 is 0 Å². The molecular weight excluding hydrogens is 408 g/mol. The number of carbonyl (C=O) groups excluding carboxylic acids is 1. The van der Waals surface area contributed by atoms with Gasteiger partial charge in [0.2, 0.25) is 0 Å². The van der Waals surface area contributed by atoms with E-state index in [9.17, 15) is 9.59 Å². The fourth-order valence-electron chi connectivity index (χ4n) is 4.79. The summed E-state index contributed by atoms with van der Waals surface area (Å²) in [4.78, 5) is 35.3. The summed E-state index contributed by atoms with van der Waals surface area (Å²) in [5.41, 5.74) is 3.39. The van der Waals surface area contributed by atoms with Crippen LogP contribution >= 0.6 is 0 Å². The van der Waals surface area contributed by atoms with Gasteiger partial charge in [-0.2, -0.15) is 0 Å². The van der Waals surface area contributed by atoms with E-state index in [0.717, 1.165) is 36.3 Å². The molecule has 2 aliphatic heterocycles. The second kappa shape index (κ2) is 7.88. The Balaban J connectivity index is 1.47. The fraction of sp³-hybridized carbons (Fsp3) is 0.565. The number of hydrogen-bond acceptors (Lipinski definition) is 6. The largest absolute Gasteiger partial charge is 0.360 e. The van der Waals surface area contributed by atoms with Crippen molar-refractivity contribution >= 4 is 11.6 Å². The fourth-order valence-corrected chi connectivity index (χ4v) is 4.79. The Morgan fingerprint density at radius 2 is 2.03 bits per heavy atom. The van der Waals surface area contributed by atoms with Crippen LogP contribution in [0.15, 0.2) is 21.5 Å². The van der Waals surface area contributed by atoms with Crippen LogP contribution in [0.5, 0.6) is 0 Å². The van der Waals surface area contributed by atoms with Crippen molar-refractivity contribution in [2.45, 2.75) is 71.5 Å². The van der Waals surface area contributed by atoms with Gasteiger partial charge in [-0.25, -0.2) is 9.50 Å². The van der Waals surface area contributed by atoms with Crippen molar-refractivity contribution in [3.8, 4) is 0 Å². The number of nitrogens with zero attached hydrogens (tertiary/aromatic N) is 5. The second-order valence-corrected chi connectivity index (χ2v) is 9.49. The molecule has 0 bridgehead atoms. The lowest BCUT2D eigenvalue weighted by atomic mass is 10.1. The highest BCUT2D eigenvalue weighted by atomic mass is 16.5. The highest BCUT2D eigenvalue weighted by Gasteiger charge is 2.34. The molecule has 0 aromatic carbocycles. The summed E-state index contributed by atoms with van der Waals surface area (Å²) in [7, 11) is 0. The Morgan fingerprint density at radius 1 is 1.22 bits per heavy atom. The van der Waals surface area contributed by atoms with Crippen LogP contribution in [0.2, 0.25) is 0 Å². The molecule has 32 heavy (non-hydrogen) atoms. The average molecular weight is 439 g/mol. The Hall–Kier alpha value is -2.94. The zero-order chi connectivity index (χ0) is 22.6. The lowest BCUT2D eigenvalue weighted by molar-refractivity contribution is 0.0722. The van der Waals surface area contributed by atoms with Crippen LogP contribution in [-0.4, -0.2) is 54.6 Å². The number of aromatic nitrogens is 4. The lowest BCUT2D eigenvalue weighted by Crippen LogP contribution is -2.39. The maximum atomic E-state index is 13.2. The van der Waals surface area contributed by atoms with Gasteiger partial charge in [0.05, 0.1) is 17.4 Å². The molecule has 1 atom stereocenters. The number of nitrogens with one attached hydrogen (secondary N) is 1. The van der Waals surface area contributed by atoms with E-state index in [1.165, 1.54) is 4.52 Å². The van der Waals surface area contributed by atoms with Crippen molar-refractivity contribution in [3.63, 3.8) is 0 Å². The molecule has 9 nitrogen and oxygen atoms in total. The Labute approximate surface area is 186 Å². The molecule has 0 spiro atoms. The van der Waals surface area contributed by atoms with Crippen molar-refractivity contribution in [3.05, 3.63) is 50.9 Å². The first kappa shape index (κ1) is 20.9. The van der Waals surface area contributed by atoms with Crippen molar-refractivity contribution < 1.29 is 9.32 Å². The summed E-state index contributed by atoms with van der Waals surface area (Å²) in [5, 5.41) is 7.23. The predicted molar refractivity (Wildman–Crippen MR) is 119 cm³/mol. The first-order valence-corrected chi connectivity index (χ1v) is 11.5. The van der Waals surface area contributed by atoms with E-state index >= 15 is 0 Å². The van der Waals surface area contributed by atoms with E-state index in [1.807, 2.05) is 24.8 Å². The number of amides is 1. The molecular formula is C23H30N6O3. The van der Waals surface area contributed by atoms with Crippen molar-refractivity contribution in [2.75, 3.05) is 13.1 Å². The average Bonchev–Trinajstić information content (AvgIpc) is 3.51. The van der Waals surface area contributed by atoms with Gasteiger partial charge in [-0.15, -0.1) is 0 Å². The molecule has 5 rings (SSSR count). The molecule has 170 valence electrons. The number of aromatic amines is 1. The lowest BCUT2D eigenvalue weighted by Gasteiger charge is -2.30. The maximum absolute atomic E-state index is 13.2. The third kappa shape index (κ3) is 3.44. The monoisotopic (exact) mass is 438 g/mol. The van der Waals surface area contributed by atoms with E-state index in [-0.39, 0.29) is 23.4 Å². The summed E-state index contributed by atoms with van der Waals surface area (Å²) in [6.45, 7) is 10.5. The molecule has 1 saturated heterocycles. The van der Waals surface area contributed by atoms with Gasteiger partial charge in [-0.3, -0.25) is 19.6 Å². The minimum Gasteiger partial charge on any atom is -0.360 e. The van der Waals surface area contributed by atoms with Crippen LogP contribution in [0, 0.1) is 0 Å². The molecule has 5 heterocycles. The van der Waals surface area contributed by atoms with Gasteiger partial charge in [-0.1, -0.05) is 19.0 Å². The smallest absolute Gasteiger partial charge is 0.276 e. The molecule has 2 aliphatic rings. The zero-order valence-electron chi connectivity index (χ0n) is 19.1. The van der Waals surface area contributed by atoms with Crippen LogP contribution in [0.4, 0.5) is 0 Å². The van der Waals surface area contributed by atoms with E-state index in [2.05, 4.69) is 29.0 Å². The third-order valence-electron chi connectivity index (χ3n) is 6.74. The van der Waals surface area contributed by atoms with Crippen LogP contribution in [0.25, 0.3) is 5.65 Å². The maximum Gasteiger partial charge on any atom is 0.276 e. The molecule has 1 amide bonds. The zero-order valence-corrected chi connectivity index (χ0v) is 19.1. The van der Waals surface area contributed by atoms with Crippen molar-refractivity contribution in [1.82, 2.24) is 29.6 Å². The van der Waals surface area contributed by atoms with Gasteiger partial charge in [0.1, 0.15) is 5.76 Å². The highest BCUT2D eigenvalue weighted by molar-refractivity contribution is 5.92. The van der Waals surface area contributed by atoms with Gasteiger partial charge in [0, 0.05) is 49.3 Å². The van der Waals surface area contributed by atoms with Gasteiger partial charge in [-0.05, 0) is 33.1 Å². The normalized spacial score (nSPS) is 19.4. The molecule has 0 unspecified atom stereocenters. The van der Waals surface area contributed by atoms with Gasteiger partial charge in [0.25, 0.3) is 11.5 Å². The number of fused-ring (bicyclic) bond motifs is 2. The molecule has 0 aliphatic carbocycles. The highest BCUT2D eigenvalue weighted by Crippen LogP contribution is 2.33. The van der Waals surface area contributed by atoms with Crippen LogP contribution in [0.3, 0.4) is 0 Å². The Kier molecular flexibility index (Phi) is 5.16. The predicted octanol–water partition coefficient (Wildman–Crippen LogP) is 2.88. The van der Waals surface area contributed by atoms with Crippen molar-refractivity contribution in [2.24, 2.45) is 0 Å². The number of hydrogen-bond donors (Lipinski definition) is 1. The standard InChI is InChI=1S/C23H30N6O3/c1-13(2)20-10-17(26-32-20)23(31)28-8-5-6-19(28)16-11-21-24-18-12-27(14(3)4)9-7-15(18)22(30)29(21)25-16/h10-11,13-14,19,25H,5-9,12H2,1-4H3/t19-/m0/s1. The van der Waals surface area contributed by atoms with Crippen LogP contribution < -0.4 is 5.56 Å². The topological polar surface area (TPSA) is 99.7 Å². The third-order valence-corrected chi connectivity index (χ3v) is 6.74. The van der Waals surface area contributed by atoms with Gasteiger partial charge in [0.15, 0.2) is 11.3 Å². The molecule has 3 aromatic rings. The quantitative estimate of drug-likeness (QED) is 0.672. The van der Waals surface area contributed by atoms with Crippen LogP contribution in [-0.2, 0) is 13.0 Å². The summed E-state index contributed by atoms with van der Waals surface area (Å²) < 4.78 is 6.86. The second-order valence-electron chi connectivity index (χ2n) is 9.49. The van der Waals surface area contributed by atoms with E-state index in [1.54, 1.807) is 6.07 Å². The SMILES string of the molecule is CC(C)c1cc(C(=O)N2CCC[C@H]2c2cc3nc4c(c(=O)n3[nH]2)CCN(C(C)C)C4)no1. The van der Waals surface area contributed by atoms with E-state index in [0.29, 0.717) is 42.7 Å². The molecule has 1 N–H and O–H groups in total. The number of likely N-dealkylation sites (tertiary alicyclic amines) is 1. The number of carbonyl (C=O) groups is 1. The summed E-state index contributed by atoms with van der Waals surface area (Å²) in [6.07, 6.45) is 2.42. The molecule has 1 fully saturated rings. The summed E-state index contributed by atoms with van der Waals surface area (Å²) in [5.74, 6) is 0.725. The summed E-state index contributed by atoms with van der Waals surface area (Å²) >= 11 is 0. The first-order valence-electron chi connectivity index (χ1n) is 11.5. The van der Waals surface area contributed by atoms with Crippen LogP contribution in [0.1, 0.15) is 85.7 Å². The molecule has 3 aromatic heterocycles. The van der Waals surface area contributed by atoms with Crippen molar-refractivity contribution in [1.29, 1.82) is 0 Å². The summed E-state index contributed by atoms with van der Waals surface area (Å²) in [6, 6.07) is 3.91. The molecule has 0 radical (unpaired) electrons. The minimum atomic E-state index is -0.146. The van der Waals surface area contributed by atoms with E-state index in [4.69, 9.17) is 9.51 Å². The molecule has 0 saturated carbocycles. The Bertz CT molecular complexity index is 1220. The molecule has 9 heteroatoms. The van der Waals surface area contributed by atoms with Gasteiger partial charge >= 0.3 is 0 Å².